The van der Waals surface area contributed by atoms with Crippen LogP contribution in [-0.2, 0) is 17.5 Å². The molecule has 1 aliphatic heterocycles. The number of methoxy groups -OCH3 is 1. The maximum atomic E-state index is 13.7. The van der Waals surface area contributed by atoms with Crippen LogP contribution in [0.1, 0.15) is 41.3 Å². The van der Waals surface area contributed by atoms with Crippen LogP contribution in [0.25, 0.3) is 0 Å². The molecule has 0 spiro atoms. The molecule has 0 aliphatic carbocycles. The van der Waals surface area contributed by atoms with Crippen molar-refractivity contribution in [3.05, 3.63) is 52.2 Å². The molecule has 0 radical (unpaired) electrons. The number of ether oxygens (including phenoxy) is 2. The molecular weight excluding hydrogens is 447 g/mol. The first-order valence-corrected chi connectivity index (χ1v) is 10.7. The summed E-state index contributed by atoms with van der Waals surface area (Å²) in [5.41, 5.74) is -0.859. The Bertz CT molecular complexity index is 950. The second-order valence-electron chi connectivity index (χ2n) is 7.38. The lowest BCUT2D eigenvalue weighted by Gasteiger charge is -2.36. The highest BCUT2D eigenvalue weighted by Gasteiger charge is 2.37. The maximum Gasteiger partial charge on any atom is 0.417 e. The Kier molecular flexibility index (Phi) is 7.84. The van der Waals surface area contributed by atoms with Gasteiger partial charge < -0.3 is 19.7 Å². The molecule has 2 aromatic rings. The van der Waals surface area contributed by atoms with E-state index in [4.69, 9.17) is 16.3 Å². The van der Waals surface area contributed by atoms with E-state index in [9.17, 15) is 18.0 Å². The minimum absolute atomic E-state index is 0.0277. The summed E-state index contributed by atoms with van der Waals surface area (Å²) in [6, 6.07) is 6.20. The van der Waals surface area contributed by atoms with E-state index >= 15 is 0 Å². The number of rotatable bonds is 7. The summed E-state index contributed by atoms with van der Waals surface area (Å²) >= 11 is 6.18. The number of piperidine rings is 1. The van der Waals surface area contributed by atoms with E-state index in [1.54, 1.807) is 12.1 Å². The largest absolute Gasteiger partial charge is 0.492 e. The molecule has 1 aromatic carbocycles. The highest BCUT2D eigenvalue weighted by molar-refractivity contribution is 6.32. The normalized spacial score (nSPS) is 14.8. The topological polar surface area (TPSA) is 63.7 Å². The first kappa shape index (κ1) is 24.1. The van der Waals surface area contributed by atoms with Crippen molar-refractivity contribution in [1.82, 2.24) is 10.3 Å². The van der Waals surface area contributed by atoms with Gasteiger partial charge in [0.05, 0.1) is 29.9 Å². The van der Waals surface area contributed by atoms with Gasteiger partial charge in [-0.2, -0.15) is 13.2 Å². The Morgan fingerprint density at radius 1 is 1.28 bits per heavy atom. The number of hydrogen-bond donors (Lipinski definition) is 1. The lowest BCUT2D eigenvalue weighted by atomic mass is 10.0. The van der Waals surface area contributed by atoms with Gasteiger partial charge >= 0.3 is 12.1 Å². The van der Waals surface area contributed by atoms with E-state index in [0.717, 1.165) is 50.9 Å². The van der Waals surface area contributed by atoms with Crippen LogP contribution in [0.5, 0.6) is 5.75 Å². The van der Waals surface area contributed by atoms with Gasteiger partial charge in [-0.15, -0.1) is 0 Å². The fraction of sp³-hybridized carbons (Fsp3) is 0.455. The van der Waals surface area contributed by atoms with Crippen LogP contribution in [0.2, 0.25) is 5.02 Å². The molecule has 0 unspecified atom stereocenters. The van der Waals surface area contributed by atoms with E-state index in [-0.39, 0.29) is 11.9 Å². The Hall–Kier alpha value is -2.52. The van der Waals surface area contributed by atoms with Crippen LogP contribution in [0.4, 0.5) is 19.0 Å². The number of halogens is 4. The zero-order valence-electron chi connectivity index (χ0n) is 17.8. The Morgan fingerprint density at radius 2 is 2.00 bits per heavy atom. The maximum absolute atomic E-state index is 13.7. The molecule has 1 N–H and O–H groups in total. The summed E-state index contributed by atoms with van der Waals surface area (Å²) in [6.45, 7) is 4.09. The number of esters is 1. The van der Waals surface area contributed by atoms with Crippen molar-refractivity contribution in [3.8, 4) is 5.75 Å². The smallest absolute Gasteiger partial charge is 0.417 e. The molecule has 1 saturated heterocycles. The first-order chi connectivity index (χ1) is 15.2. The van der Waals surface area contributed by atoms with Gasteiger partial charge in [0.25, 0.3) is 0 Å². The van der Waals surface area contributed by atoms with Crippen LogP contribution in [-0.4, -0.2) is 43.8 Å². The van der Waals surface area contributed by atoms with Gasteiger partial charge in [0.1, 0.15) is 11.6 Å². The van der Waals surface area contributed by atoms with Crippen LogP contribution < -0.4 is 15.0 Å². The standard InChI is InChI=1S/C22H25ClF3N3O3/c1-3-32-19-10-14(4-5-18(19)23)13-29(15-6-8-27-9-7-15)20-11-17(22(24,25)26)16(12-28-20)21(30)31-2/h4-5,10-12,15,27H,3,6-9,13H2,1-2H3. The van der Waals surface area contributed by atoms with E-state index in [2.05, 4.69) is 15.0 Å². The van der Waals surface area contributed by atoms with Gasteiger partial charge in [-0.25, -0.2) is 9.78 Å². The van der Waals surface area contributed by atoms with Crippen molar-refractivity contribution < 1.29 is 27.4 Å². The molecule has 0 saturated carbocycles. The van der Waals surface area contributed by atoms with E-state index in [1.807, 2.05) is 17.9 Å². The molecule has 1 aromatic heterocycles. The average Bonchev–Trinajstić information content (AvgIpc) is 2.78. The highest BCUT2D eigenvalue weighted by atomic mass is 35.5. The average molecular weight is 472 g/mol. The van der Waals surface area contributed by atoms with E-state index < -0.39 is 23.3 Å². The number of pyridine rings is 1. The van der Waals surface area contributed by atoms with Gasteiger partial charge in [-0.1, -0.05) is 17.7 Å². The summed E-state index contributed by atoms with van der Waals surface area (Å²) in [5.74, 6) is -0.421. The zero-order valence-corrected chi connectivity index (χ0v) is 18.6. The number of carbonyl (C=O) groups is 1. The van der Waals surface area contributed by atoms with E-state index in [0.29, 0.717) is 23.9 Å². The molecule has 6 nitrogen and oxygen atoms in total. The van der Waals surface area contributed by atoms with Crippen molar-refractivity contribution in [3.63, 3.8) is 0 Å². The summed E-state index contributed by atoms with van der Waals surface area (Å²) in [6.07, 6.45) is -2.31. The summed E-state index contributed by atoms with van der Waals surface area (Å²) in [7, 11) is 1.04. The monoisotopic (exact) mass is 471 g/mol. The van der Waals surface area contributed by atoms with Gasteiger partial charge in [0, 0.05) is 18.8 Å². The molecule has 0 amide bonds. The quantitative estimate of drug-likeness (QED) is 0.591. The number of hydrogen-bond acceptors (Lipinski definition) is 6. The fourth-order valence-corrected chi connectivity index (χ4v) is 3.91. The van der Waals surface area contributed by atoms with E-state index in [1.165, 1.54) is 0 Å². The van der Waals surface area contributed by atoms with Crippen LogP contribution in [0, 0.1) is 0 Å². The van der Waals surface area contributed by atoms with Gasteiger partial charge in [0.2, 0.25) is 0 Å². The third-order valence-electron chi connectivity index (χ3n) is 5.29. The van der Waals surface area contributed by atoms with Crippen LogP contribution >= 0.6 is 11.6 Å². The second-order valence-corrected chi connectivity index (χ2v) is 7.79. The molecule has 174 valence electrons. The van der Waals surface area contributed by atoms with Crippen LogP contribution in [0.15, 0.2) is 30.5 Å². The molecule has 2 heterocycles. The van der Waals surface area contributed by atoms with Gasteiger partial charge in [-0.3, -0.25) is 0 Å². The SMILES string of the molecule is CCOc1cc(CN(c2cc(C(F)(F)F)c(C(=O)OC)cn2)C2CCNCC2)ccc1Cl. The molecule has 1 aliphatic rings. The summed E-state index contributed by atoms with van der Waals surface area (Å²) < 4.78 is 51.3. The third-order valence-corrected chi connectivity index (χ3v) is 5.60. The fourth-order valence-electron chi connectivity index (χ4n) is 3.73. The van der Waals surface area contributed by atoms with Crippen LogP contribution in [0.3, 0.4) is 0 Å². The number of benzene rings is 1. The molecule has 3 rings (SSSR count). The number of anilines is 1. The van der Waals surface area contributed by atoms with Crippen molar-refractivity contribution in [2.45, 2.75) is 38.5 Å². The van der Waals surface area contributed by atoms with Crippen molar-refractivity contribution in [2.24, 2.45) is 0 Å². The Morgan fingerprint density at radius 3 is 2.62 bits per heavy atom. The lowest BCUT2D eigenvalue weighted by Crippen LogP contribution is -2.43. The first-order valence-electron chi connectivity index (χ1n) is 10.3. The Balaban J connectivity index is 2.03. The van der Waals surface area contributed by atoms with Gasteiger partial charge in [0.15, 0.2) is 0 Å². The third kappa shape index (κ3) is 5.63. The molecular formula is C22H25ClF3N3O3. The highest BCUT2D eigenvalue weighted by Crippen LogP contribution is 2.36. The predicted octanol–water partition coefficient (Wildman–Crippen LogP) is 4.70. The molecule has 32 heavy (non-hydrogen) atoms. The lowest BCUT2D eigenvalue weighted by molar-refractivity contribution is -0.138. The summed E-state index contributed by atoms with van der Waals surface area (Å²) in [5, 5.41) is 3.72. The molecule has 0 atom stereocenters. The number of aromatic nitrogens is 1. The number of nitrogens with zero attached hydrogens (tertiary/aromatic N) is 2. The number of carbonyl (C=O) groups excluding carboxylic acids is 1. The molecule has 0 bridgehead atoms. The predicted molar refractivity (Wildman–Crippen MR) is 115 cm³/mol. The van der Waals surface area contributed by atoms with Crippen molar-refractivity contribution in [1.29, 1.82) is 0 Å². The summed E-state index contributed by atoms with van der Waals surface area (Å²) in [4.78, 5) is 17.9. The number of alkyl halides is 3. The Labute approximate surface area is 189 Å². The molecule has 10 heteroatoms. The molecule has 1 fully saturated rings. The van der Waals surface area contributed by atoms with Gasteiger partial charge in [-0.05, 0) is 56.6 Å². The number of nitrogens with one attached hydrogen (secondary N) is 1. The zero-order chi connectivity index (χ0) is 23.3. The minimum Gasteiger partial charge on any atom is -0.492 e. The second kappa shape index (κ2) is 10.4. The van der Waals surface area contributed by atoms with Crippen molar-refractivity contribution in [2.75, 3.05) is 31.7 Å². The van der Waals surface area contributed by atoms with Crippen molar-refractivity contribution >= 4 is 23.4 Å². The minimum atomic E-state index is -4.73.